The first-order valence-corrected chi connectivity index (χ1v) is 9.75. The van der Waals surface area contributed by atoms with Crippen LogP contribution in [0.1, 0.15) is 42.3 Å². The van der Waals surface area contributed by atoms with Gasteiger partial charge in [-0.25, -0.2) is 0 Å². The summed E-state index contributed by atoms with van der Waals surface area (Å²) in [5, 5.41) is 3.14. The van der Waals surface area contributed by atoms with Crippen molar-refractivity contribution in [2.45, 2.75) is 26.9 Å². The summed E-state index contributed by atoms with van der Waals surface area (Å²) < 4.78 is 41.9. The number of carbonyl (C=O) groups is 1. The van der Waals surface area contributed by atoms with Crippen molar-refractivity contribution in [1.82, 2.24) is 10.3 Å². The third kappa shape index (κ3) is 5.00. The molecule has 1 aliphatic rings. The Labute approximate surface area is 174 Å². The second-order valence-electron chi connectivity index (χ2n) is 8.21. The van der Waals surface area contributed by atoms with Crippen molar-refractivity contribution in [3.8, 4) is 23.1 Å². The van der Waals surface area contributed by atoms with E-state index in [9.17, 15) is 18.0 Å². The standard InChI is InChI=1S/C23H24F3N3O/c1-22(2,3)9-8-16-4-7-19(28-14-16)18-6-5-17(15-30)20(23(24,25)26)21(18)29-12-10-27-11-13-29/h4-7,14-15,27H,10-13H2,1-3H3. The SMILES string of the molecule is CC(C)(C)C#Cc1ccc(-c2ccc(C=O)c(C(F)(F)F)c2N2CCNCC2)nc1. The van der Waals surface area contributed by atoms with Gasteiger partial charge in [-0.05, 0) is 39.0 Å². The van der Waals surface area contributed by atoms with Crippen LogP contribution in [0.25, 0.3) is 11.3 Å². The number of hydrogen-bond acceptors (Lipinski definition) is 4. The number of halogens is 3. The van der Waals surface area contributed by atoms with Gasteiger partial charge in [0.05, 0.1) is 16.9 Å². The molecule has 0 atom stereocenters. The topological polar surface area (TPSA) is 45.2 Å². The van der Waals surface area contributed by atoms with Crippen molar-refractivity contribution in [3.05, 3.63) is 47.2 Å². The molecule has 1 N–H and O–H groups in total. The van der Waals surface area contributed by atoms with Gasteiger partial charge in [-0.3, -0.25) is 9.78 Å². The maximum Gasteiger partial charge on any atom is 0.419 e. The van der Waals surface area contributed by atoms with E-state index in [0.717, 1.165) is 0 Å². The first kappa shape index (κ1) is 21.8. The molecule has 3 rings (SSSR count). The van der Waals surface area contributed by atoms with Gasteiger partial charge in [0.2, 0.25) is 0 Å². The van der Waals surface area contributed by atoms with E-state index < -0.39 is 11.7 Å². The fraction of sp³-hybridized carbons (Fsp3) is 0.391. The van der Waals surface area contributed by atoms with Gasteiger partial charge >= 0.3 is 6.18 Å². The Hall–Kier alpha value is -2.85. The molecule has 0 aliphatic carbocycles. The van der Waals surface area contributed by atoms with Gasteiger partial charge in [0.25, 0.3) is 0 Å². The van der Waals surface area contributed by atoms with E-state index in [0.29, 0.717) is 43.0 Å². The number of carbonyl (C=O) groups excluding carboxylic acids is 1. The highest BCUT2D eigenvalue weighted by molar-refractivity contribution is 5.89. The van der Waals surface area contributed by atoms with E-state index in [1.54, 1.807) is 29.3 Å². The monoisotopic (exact) mass is 415 g/mol. The smallest absolute Gasteiger partial charge is 0.368 e. The third-order valence-corrected chi connectivity index (χ3v) is 4.68. The zero-order valence-electron chi connectivity index (χ0n) is 17.2. The number of anilines is 1. The van der Waals surface area contributed by atoms with Crippen LogP contribution in [-0.2, 0) is 6.18 Å². The molecule has 0 radical (unpaired) electrons. The minimum Gasteiger partial charge on any atom is -0.368 e. The molecule has 1 aromatic heterocycles. The Morgan fingerprint density at radius 2 is 1.80 bits per heavy atom. The van der Waals surface area contributed by atoms with Gasteiger partial charge in [-0.2, -0.15) is 13.2 Å². The van der Waals surface area contributed by atoms with E-state index in [1.807, 2.05) is 20.8 Å². The molecule has 7 heteroatoms. The van der Waals surface area contributed by atoms with Gasteiger partial charge < -0.3 is 10.2 Å². The minimum atomic E-state index is -4.66. The summed E-state index contributed by atoms with van der Waals surface area (Å²) in [7, 11) is 0. The highest BCUT2D eigenvalue weighted by atomic mass is 19.4. The molecule has 1 fully saturated rings. The van der Waals surface area contributed by atoms with E-state index in [-0.39, 0.29) is 23.0 Å². The van der Waals surface area contributed by atoms with Gasteiger partial charge in [0.1, 0.15) is 0 Å². The van der Waals surface area contributed by atoms with E-state index in [4.69, 9.17) is 0 Å². The lowest BCUT2D eigenvalue weighted by Gasteiger charge is -2.33. The Morgan fingerprint density at radius 3 is 2.33 bits per heavy atom. The number of hydrogen-bond donors (Lipinski definition) is 1. The first-order chi connectivity index (χ1) is 14.1. The summed E-state index contributed by atoms with van der Waals surface area (Å²) in [6, 6.07) is 6.18. The zero-order chi connectivity index (χ0) is 21.9. The highest BCUT2D eigenvalue weighted by Gasteiger charge is 2.39. The summed E-state index contributed by atoms with van der Waals surface area (Å²) >= 11 is 0. The van der Waals surface area contributed by atoms with Crippen LogP contribution >= 0.6 is 0 Å². The minimum absolute atomic E-state index is 0.00891. The van der Waals surface area contributed by atoms with Gasteiger partial charge in [-0.1, -0.05) is 17.9 Å². The lowest BCUT2D eigenvalue weighted by atomic mass is 9.96. The van der Waals surface area contributed by atoms with Gasteiger partial charge in [0, 0.05) is 54.5 Å². The fourth-order valence-electron chi connectivity index (χ4n) is 3.31. The van der Waals surface area contributed by atoms with Crippen LogP contribution in [0.3, 0.4) is 0 Å². The molecule has 0 bridgehead atoms. The van der Waals surface area contributed by atoms with Gasteiger partial charge in [0.15, 0.2) is 6.29 Å². The Balaban J connectivity index is 2.14. The highest BCUT2D eigenvalue weighted by Crippen LogP contribution is 2.44. The van der Waals surface area contributed by atoms with E-state index >= 15 is 0 Å². The van der Waals surface area contributed by atoms with Crippen LogP contribution in [-0.4, -0.2) is 37.4 Å². The molecule has 1 saturated heterocycles. The van der Waals surface area contributed by atoms with Gasteiger partial charge in [-0.15, -0.1) is 0 Å². The van der Waals surface area contributed by atoms with Crippen molar-refractivity contribution in [1.29, 1.82) is 0 Å². The number of aldehydes is 1. The molecule has 0 saturated carbocycles. The zero-order valence-corrected chi connectivity index (χ0v) is 17.2. The Kier molecular flexibility index (Phi) is 6.18. The van der Waals surface area contributed by atoms with Crippen molar-refractivity contribution in [2.75, 3.05) is 31.1 Å². The van der Waals surface area contributed by atoms with Crippen molar-refractivity contribution in [3.63, 3.8) is 0 Å². The number of nitrogens with zero attached hydrogens (tertiary/aromatic N) is 2. The van der Waals surface area contributed by atoms with Crippen molar-refractivity contribution < 1.29 is 18.0 Å². The summed E-state index contributed by atoms with van der Waals surface area (Å²) in [4.78, 5) is 17.5. The second-order valence-corrected chi connectivity index (χ2v) is 8.21. The van der Waals surface area contributed by atoms with Crippen molar-refractivity contribution >= 4 is 12.0 Å². The number of pyridine rings is 1. The largest absolute Gasteiger partial charge is 0.419 e. The average molecular weight is 415 g/mol. The molecule has 0 amide bonds. The number of nitrogens with one attached hydrogen (secondary N) is 1. The summed E-state index contributed by atoms with van der Waals surface area (Å²) in [6.45, 7) is 7.94. The molecule has 0 spiro atoms. The maximum atomic E-state index is 14.0. The average Bonchev–Trinajstić information content (AvgIpc) is 2.71. The van der Waals surface area contributed by atoms with Crippen LogP contribution in [0.4, 0.5) is 18.9 Å². The molecule has 30 heavy (non-hydrogen) atoms. The molecular weight excluding hydrogens is 391 g/mol. The number of benzene rings is 1. The summed E-state index contributed by atoms with van der Waals surface area (Å²) in [5.41, 5.74) is 0.0220. The summed E-state index contributed by atoms with van der Waals surface area (Å²) in [5.74, 6) is 6.15. The normalized spacial score (nSPS) is 14.8. The maximum absolute atomic E-state index is 14.0. The molecule has 1 aliphatic heterocycles. The first-order valence-electron chi connectivity index (χ1n) is 9.75. The second kappa shape index (κ2) is 8.49. The molecule has 2 aromatic rings. The lowest BCUT2D eigenvalue weighted by Crippen LogP contribution is -2.44. The molecule has 158 valence electrons. The molecule has 2 heterocycles. The number of alkyl halides is 3. The predicted octanol–water partition coefficient (Wildman–Crippen LogP) is 4.39. The predicted molar refractivity (Wildman–Crippen MR) is 111 cm³/mol. The molecular formula is C23H24F3N3O. The van der Waals surface area contributed by atoms with E-state index in [1.165, 1.54) is 6.07 Å². The summed E-state index contributed by atoms with van der Waals surface area (Å²) in [6.07, 6.45) is -2.84. The fourth-order valence-corrected chi connectivity index (χ4v) is 3.31. The molecule has 4 nitrogen and oxygen atoms in total. The molecule has 0 unspecified atom stereocenters. The Morgan fingerprint density at radius 1 is 1.10 bits per heavy atom. The molecule has 1 aromatic carbocycles. The number of aromatic nitrogens is 1. The quantitative estimate of drug-likeness (QED) is 0.597. The lowest BCUT2D eigenvalue weighted by molar-refractivity contribution is -0.137. The van der Waals surface area contributed by atoms with Crippen LogP contribution in [0, 0.1) is 17.3 Å². The third-order valence-electron chi connectivity index (χ3n) is 4.68. The van der Waals surface area contributed by atoms with Crippen molar-refractivity contribution in [2.24, 2.45) is 5.41 Å². The van der Waals surface area contributed by atoms with Crippen LogP contribution < -0.4 is 10.2 Å². The van der Waals surface area contributed by atoms with E-state index in [2.05, 4.69) is 22.1 Å². The van der Waals surface area contributed by atoms with Crippen LogP contribution in [0.2, 0.25) is 0 Å². The number of piperazine rings is 1. The number of rotatable bonds is 3. The van der Waals surface area contributed by atoms with Crippen LogP contribution in [0.15, 0.2) is 30.5 Å². The van der Waals surface area contributed by atoms with Crippen LogP contribution in [0.5, 0.6) is 0 Å². The Bertz CT molecular complexity index is 974.